The van der Waals surface area contributed by atoms with Crippen LogP contribution in [0.25, 0.3) is 0 Å². The Kier molecular flexibility index (Phi) is 5.47. The monoisotopic (exact) mass is 492 g/mol. The zero-order chi connectivity index (χ0) is 21.1. The van der Waals surface area contributed by atoms with E-state index in [0.717, 1.165) is 63.5 Å². The molecule has 2 aromatic rings. The average Bonchev–Trinajstić information content (AvgIpc) is 3.22. The number of benzene rings is 2. The fourth-order valence-electron chi connectivity index (χ4n) is 5.68. The number of ketones is 1. The van der Waals surface area contributed by atoms with Gasteiger partial charge >= 0.3 is 185 Å². The number of Topliss-reactive ketones (excluding diaryl/α,β-unsaturated/α-hetero) is 1. The molecular formula is C24H28Cl2GeO2. The number of carbonyl (C=O) groups is 1. The van der Waals surface area contributed by atoms with E-state index < -0.39 is 15.8 Å². The van der Waals surface area contributed by atoms with Gasteiger partial charge in [0.15, 0.2) is 0 Å². The van der Waals surface area contributed by atoms with Crippen LogP contribution < -0.4 is 4.40 Å². The fraction of sp³-hybridized carbons (Fsp3) is 0.458. The van der Waals surface area contributed by atoms with Crippen LogP contribution in [0.3, 0.4) is 0 Å². The molecule has 2 aromatic carbocycles. The molecule has 4 rings (SSSR count). The molecule has 0 saturated carbocycles. The normalized spacial score (nSPS) is 26.0. The Morgan fingerprint density at radius 3 is 2.28 bits per heavy atom. The molecule has 0 amide bonds. The maximum absolute atomic E-state index is 13.0. The van der Waals surface area contributed by atoms with Crippen molar-refractivity contribution in [2.24, 2.45) is 11.8 Å². The Hall–Kier alpha value is -0.807. The zero-order valence-corrected chi connectivity index (χ0v) is 21.1. The van der Waals surface area contributed by atoms with Gasteiger partial charge in [-0.1, -0.05) is 0 Å². The van der Waals surface area contributed by atoms with Crippen molar-refractivity contribution < 1.29 is 9.90 Å². The summed E-state index contributed by atoms with van der Waals surface area (Å²) in [7, 11) is 14.4. The minimum atomic E-state index is -3.96. The van der Waals surface area contributed by atoms with E-state index in [1.54, 1.807) is 0 Å². The summed E-state index contributed by atoms with van der Waals surface area (Å²) in [5, 5.41) is 12.3. The van der Waals surface area contributed by atoms with E-state index in [1.165, 1.54) is 0 Å². The molecule has 0 saturated heterocycles. The van der Waals surface area contributed by atoms with Crippen molar-refractivity contribution in [3.63, 3.8) is 0 Å². The molecule has 0 heterocycles. The molecule has 1 N–H and O–H groups in total. The van der Waals surface area contributed by atoms with Crippen LogP contribution in [0.15, 0.2) is 30.3 Å². The molecule has 0 fully saturated rings. The van der Waals surface area contributed by atoms with E-state index in [1.807, 2.05) is 37.3 Å². The maximum atomic E-state index is 13.0. The molecule has 0 aromatic heterocycles. The average molecular weight is 492 g/mol. The minimum absolute atomic E-state index is 0.0373. The van der Waals surface area contributed by atoms with Crippen molar-refractivity contribution in [1.82, 2.24) is 0 Å². The van der Waals surface area contributed by atoms with Crippen molar-refractivity contribution in [3.05, 3.63) is 63.7 Å². The second kappa shape index (κ2) is 7.41. The third-order valence-electron chi connectivity index (χ3n) is 7.35. The van der Waals surface area contributed by atoms with Crippen molar-refractivity contribution in [1.29, 1.82) is 0 Å². The van der Waals surface area contributed by atoms with Crippen LogP contribution in [0, 0.1) is 25.7 Å². The first-order valence-electron chi connectivity index (χ1n) is 10.5. The van der Waals surface area contributed by atoms with Gasteiger partial charge in [-0.15, -0.1) is 0 Å². The number of hydrogen-bond acceptors (Lipinski definition) is 2. The summed E-state index contributed by atoms with van der Waals surface area (Å²) < 4.78 is -0.351. The Balaban J connectivity index is 1.99. The summed E-state index contributed by atoms with van der Waals surface area (Å²) in [5.41, 5.74) is 6.11. The van der Waals surface area contributed by atoms with Crippen molar-refractivity contribution in [2.45, 2.75) is 57.8 Å². The Labute approximate surface area is 184 Å². The number of aliphatic hydroxyl groups is 1. The van der Waals surface area contributed by atoms with E-state index in [-0.39, 0.29) is 17.6 Å². The number of carbonyl (C=O) groups excluding carboxylic acids is 1. The van der Waals surface area contributed by atoms with Crippen LogP contribution in [0.2, 0.25) is 0 Å². The third-order valence-corrected chi connectivity index (χ3v) is 18.2. The first kappa shape index (κ1) is 21.4. The molecular weight excluding hydrogens is 464 g/mol. The predicted octanol–water partition coefficient (Wildman–Crippen LogP) is 5.20. The number of rotatable bonds is 4. The quantitative estimate of drug-likeness (QED) is 0.596. The summed E-state index contributed by atoms with van der Waals surface area (Å²) >= 11 is -3.96. The van der Waals surface area contributed by atoms with Gasteiger partial charge in [0.05, 0.1) is 0 Å². The number of halogens is 2. The van der Waals surface area contributed by atoms with Crippen molar-refractivity contribution in [3.8, 4) is 0 Å². The first-order chi connectivity index (χ1) is 13.7. The molecule has 3 unspecified atom stereocenters. The van der Waals surface area contributed by atoms with E-state index in [0.29, 0.717) is 0 Å². The van der Waals surface area contributed by atoms with Crippen LogP contribution in [0.5, 0.6) is 0 Å². The number of hydrogen-bond donors (Lipinski definition) is 1. The molecule has 0 spiro atoms. The number of fused-ring (bicyclic) bond motifs is 2. The summed E-state index contributed by atoms with van der Waals surface area (Å²) in [6.45, 7) is 8.27. The molecule has 2 nitrogen and oxygen atoms in total. The molecule has 29 heavy (non-hydrogen) atoms. The van der Waals surface area contributed by atoms with Gasteiger partial charge in [-0.05, 0) is 0 Å². The Bertz CT molecular complexity index is 986. The Morgan fingerprint density at radius 2 is 1.69 bits per heavy atom. The summed E-state index contributed by atoms with van der Waals surface area (Å²) in [4.78, 5) is 13.0. The van der Waals surface area contributed by atoms with Crippen LogP contribution >= 0.6 is 20.0 Å². The molecule has 0 aliphatic heterocycles. The zero-order valence-electron chi connectivity index (χ0n) is 17.5. The summed E-state index contributed by atoms with van der Waals surface area (Å²) in [6.07, 6.45) is 3.12. The van der Waals surface area contributed by atoms with E-state index in [2.05, 4.69) is 20.8 Å². The fourth-order valence-corrected chi connectivity index (χ4v) is 14.9. The van der Waals surface area contributed by atoms with E-state index in [4.69, 9.17) is 20.0 Å². The molecule has 0 radical (unpaired) electrons. The van der Waals surface area contributed by atoms with Crippen LogP contribution in [0.4, 0.5) is 0 Å². The van der Waals surface area contributed by atoms with Crippen LogP contribution in [0.1, 0.15) is 64.9 Å². The first-order valence-corrected chi connectivity index (χ1v) is 18.2. The van der Waals surface area contributed by atoms with Crippen molar-refractivity contribution in [2.75, 3.05) is 0 Å². The van der Waals surface area contributed by atoms with Gasteiger partial charge in [0, 0.05) is 0 Å². The van der Waals surface area contributed by atoms with E-state index >= 15 is 0 Å². The van der Waals surface area contributed by atoms with Gasteiger partial charge < -0.3 is 0 Å². The molecule has 2 aliphatic carbocycles. The summed E-state index contributed by atoms with van der Waals surface area (Å²) in [6, 6.07) is 9.72. The predicted molar refractivity (Wildman–Crippen MR) is 123 cm³/mol. The Morgan fingerprint density at radius 1 is 1.03 bits per heavy atom. The van der Waals surface area contributed by atoms with Gasteiger partial charge in [0.25, 0.3) is 0 Å². The second-order valence-corrected chi connectivity index (χ2v) is 20.8. The van der Waals surface area contributed by atoms with Gasteiger partial charge in [-0.25, -0.2) is 0 Å². The standard InChI is InChI=1S/C24H28Cl2GeO2/c1-5-16-12-19-15(4)22-20(14(3)21(19)23(16)28)13-17(6-2)24(22,29)27(25,26)18-10-8-7-9-11-18/h7-11,16-17,29H,5-6,12-13H2,1-4H3. The topological polar surface area (TPSA) is 37.3 Å². The molecule has 0 bridgehead atoms. The van der Waals surface area contributed by atoms with Gasteiger partial charge in [-0.2, -0.15) is 0 Å². The summed E-state index contributed by atoms with van der Waals surface area (Å²) in [5.74, 6) is 0.277. The van der Waals surface area contributed by atoms with Crippen molar-refractivity contribution >= 4 is 41.6 Å². The third kappa shape index (κ3) is 2.82. The molecule has 2 aliphatic rings. The van der Waals surface area contributed by atoms with Crippen LogP contribution in [-0.2, 0) is 17.3 Å². The van der Waals surface area contributed by atoms with E-state index in [9.17, 15) is 9.90 Å². The second-order valence-electron chi connectivity index (χ2n) is 8.65. The van der Waals surface area contributed by atoms with Gasteiger partial charge in [-0.3, -0.25) is 0 Å². The van der Waals surface area contributed by atoms with Gasteiger partial charge in [0.1, 0.15) is 0 Å². The molecule has 154 valence electrons. The molecule has 3 atom stereocenters. The van der Waals surface area contributed by atoms with Gasteiger partial charge in [0.2, 0.25) is 0 Å². The van der Waals surface area contributed by atoms with Crippen LogP contribution in [-0.4, -0.2) is 22.3 Å². The SMILES string of the molecule is CCC1Cc2c(C)c3c(c(C)c2C1=O)CC(CC)[C]3(O)[Ge]([Cl])([Cl])[c]1ccccc1. The molecule has 5 heteroatoms.